The monoisotopic (exact) mass is 376 g/mol. The summed E-state index contributed by atoms with van der Waals surface area (Å²) in [5, 5.41) is 19.4. The Morgan fingerprint density at radius 3 is 1.37 bits per heavy atom. The quantitative estimate of drug-likeness (QED) is 0.254. The van der Waals surface area contributed by atoms with Gasteiger partial charge in [0, 0.05) is 0 Å². The minimum atomic E-state index is -0.391. The maximum atomic E-state index is 10.1. The lowest BCUT2D eigenvalue weighted by atomic mass is 10.0. The Hall–Kier alpha value is -1.02. The number of hydrogen-bond acceptors (Lipinski definition) is 2. The molecule has 0 aliphatic carbocycles. The van der Waals surface area contributed by atoms with Crippen molar-refractivity contribution in [2.75, 3.05) is 0 Å². The minimum absolute atomic E-state index is 0.258. The van der Waals surface area contributed by atoms with Gasteiger partial charge in [-0.3, -0.25) is 0 Å². The molecule has 0 fully saturated rings. The summed E-state index contributed by atoms with van der Waals surface area (Å²) in [5.74, 6) is 0.258. The fourth-order valence-electron chi connectivity index (χ4n) is 3.75. The third-order valence-electron chi connectivity index (χ3n) is 5.61. The number of aliphatic hydroxyl groups excluding tert-OH is 1. The average molecular weight is 377 g/mol. The van der Waals surface area contributed by atoms with Gasteiger partial charge in [0.1, 0.15) is 5.75 Å². The molecule has 1 unspecified atom stereocenters. The Morgan fingerprint density at radius 2 is 0.963 bits per heavy atom. The van der Waals surface area contributed by atoms with Crippen LogP contribution in [0.4, 0.5) is 0 Å². The summed E-state index contributed by atoms with van der Waals surface area (Å²) in [4.78, 5) is 0. The minimum Gasteiger partial charge on any atom is -0.508 e. The van der Waals surface area contributed by atoms with Gasteiger partial charge in [-0.25, -0.2) is 0 Å². The van der Waals surface area contributed by atoms with E-state index in [1.165, 1.54) is 96.3 Å². The molecule has 156 valence electrons. The van der Waals surface area contributed by atoms with Crippen molar-refractivity contribution in [3.05, 3.63) is 29.8 Å². The molecule has 0 aromatic heterocycles. The molecule has 0 heterocycles. The summed E-state index contributed by atoms with van der Waals surface area (Å²) < 4.78 is 0. The van der Waals surface area contributed by atoms with E-state index in [0.717, 1.165) is 18.4 Å². The molecule has 0 radical (unpaired) electrons. The second-order valence-electron chi connectivity index (χ2n) is 8.20. The van der Waals surface area contributed by atoms with E-state index in [1.54, 1.807) is 12.1 Å². The van der Waals surface area contributed by atoms with E-state index in [-0.39, 0.29) is 5.75 Å². The lowest BCUT2D eigenvalue weighted by molar-refractivity contribution is 0.163. The zero-order valence-electron chi connectivity index (χ0n) is 17.8. The van der Waals surface area contributed by atoms with Crippen molar-refractivity contribution in [3.63, 3.8) is 0 Å². The first-order chi connectivity index (χ1) is 13.2. The number of hydrogen-bond donors (Lipinski definition) is 2. The van der Waals surface area contributed by atoms with Gasteiger partial charge >= 0.3 is 0 Å². The Bertz CT molecular complexity index is 426. The van der Waals surface area contributed by atoms with Gasteiger partial charge in [0.2, 0.25) is 0 Å². The highest BCUT2D eigenvalue weighted by atomic mass is 16.3. The third kappa shape index (κ3) is 13.7. The second kappa shape index (κ2) is 17.1. The molecule has 2 nitrogen and oxygen atoms in total. The van der Waals surface area contributed by atoms with Crippen LogP contribution in [-0.2, 0) is 0 Å². The summed E-state index contributed by atoms with van der Waals surface area (Å²) >= 11 is 0. The van der Waals surface area contributed by atoms with Crippen LogP contribution in [0, 0.1) is 0 Å². The Kier molecular flexibility index (Phi) is 15.2. The maximum Gasteiger partial charge on any atom is 0.115 e. The van der Waals surface area contributed by atoms with E-state index >= 15 is 0 Å². The zero-order chi connectivity index (χ0) is 19.6. The van der Waals surface area contributed by atoms with Crippen LogP contribution in [0.2, 0.25) is 0 Å². The fourth-order valence-corrected chi connectivity index (χ4v) is 3.75. The highest BCUT2D eigenvalue weighted by Gasteiger charge is 2.06. The highest BCUT2D eigenvalue weighted by molar-refractivity contribution is 5.27. The fraction of sp³-hybridized carbons (Fsp3) is 0.760. The van der Waals surface area contributed by atoms with E-state index in [1.807, 2.05) is 12.1 Å². The summed E-state index contributed by atoms with van der Waals surface area (Å²) in [6.07, 6.45) is 22.4. The largest absolute Gasteiger partial charge is 0.508 e. The number of benzene rings is 1. The van der Waals surface area contributed by atoms with Crippen molar-refractivity contribution in [2.45, 2.75) is 122 Å². The molecule has 27 heavy (non-hydrogen) atoms. The number of phenolic OH excluding ortho intramolecular Hbond substituents is 1. The normalized spacial score (nSPS) is 12.4. The van der Waals surface area contributed by atoms with Crippen LogP contribution < -0.4 is 0 Å². The van der Waals surface area contributed by atoms with Crippen molar-refractivity contribution in [1.82, 2.24) is 0 Å². The molecule has 0 saturated carbocycles. The summed E-state index contributed by atoms with van der Waals surface area (Å²) in [6, 6.07) is 6.91. The molecule has 1 aromatic carbocycles. The molecule has 0 aliphatic heterocycles. The van der Waals surface area contributed by atoms with Gasteiger partial charge in [-0.15, -0.1) is 0 Å². The highest BCUT2D eigenvalue weighted by Crippen LogP contribution is 2.22. The molecule has 2 N–H and O–H groups in total. The first-order valence-corrected chi connectivity index (χ1v) is 11.7. The van der Waals surface area contributed by atoms with Crippen LogP contribution in [0.3, 0.4) is 0 Å². The molecule has 0 saturated heterocycles. The van der Waals surface area contributed by atoms with Gasteiger partial charge < -0.3 is 10.2 Å². The van der Waals surface area contributed by atoms with Crippen molar-refractivity contribution in [2.24, 2.45) is 0 Å². The first-order valence-electron chi connectivity index (χ1n) is 11.7. The van der Waals surface area contributed by atoms with Crippen LogP contribution in [0.5, 0.6) is 5.75 Å². The average Bonchev–Trinajstić information content (AvgIpc) is 2.68. The number of aliphatic hydroxyl groups is 1. The van der Waals surface area contributed by atoms with Crippen LogP contribution in [0.25, 0.3) is 0 Å². The Labute approximate surface area is 168 Å². The third-order valence-corrected chi connectivity index (χ3v) is 5.61. The molecular weight excluding hydrogens is 332 g/mol. The molecule has 1 aromatic rings. The Morgan fingerprint density at radius 1 is 0.593 bits per heavy atom. The molecule has 0 spiro atoms. The predicted octanol–water partition coefficient (Wildman–Crippen LogP) is 8.08. The number of phenols is 1. The SMILES string of the molecule is CCCCCCCCCCCCCCCCCCC(O)c1ccc(O)cc1. The maximum absolute atomic E-state index is 10.1. The van der Waals surface area contributed by atoms with Gasteiger partial charge in [0.05, 0.1) is 6.10 Å². The first kappa shape index (κ1) is 24.0. The van der Waals surface area contributed by atoms with Crippen molar-refractivity contribution in [3.8, 4) is 5.75 Å². The summed E-state index contributed by atoms with van der Waals surface area (Å²) in [7, 11) is 0. The molecule has 0 aliphatic rings. The molecule has 0 amide bonds. The molecule has 1 rings (SSSR count). The van der Waals surface area contributed by atoms with E-state index in [9.17, 15) is 10.2 Å². The van der Waals surface area contributed by atoms with Gasteiger partial charge in [-0.1, -0.05) is 122 Å². The summed E-state index contributed by atoms with van der Waals surface area (Å²) in [5.41, 5.74) is 0.911. The molecule has 2 heteroatoms. The van der Waals surface area contributed by atoms with Gasteiger partial charge in [-0.05, 0) is 24.1 Å². The van der Waals surface area contributed by atoms with Gasteiger partial charge in [-0.2, -0.15) is 0 Å². The smallest absolute Gasteiger partial charge is 0.115 e. The van der Waals surface area contributed by atoms with E-state index in [2.05, 4.69) is 6.92 Å². The number of aromatic hydroxyl groups is 1. The molecule has 1 atom stereocenters. The van der Waals surface area contributed by atoms with Crippen molar-refractivity contribution < 1.29 is 10.2 Å². The molecular formula is C25H44O2. The van der Waals surface area contributed by atoms with Crippen LogP contribution in [0.1, 0.15) is 128 Å². The topological polar surface area (TPSA) is 40.5 Å². The van der Waals surface area contributed by atoms with Gasteiger partial charge in [0.15, 0.2) is 0 Å². The summed E-state index contributed by atoms with van der Waals surface area (Å²) in [6.45, 7) is 2.28. The predicted molar refractivity (Wildman–Crippen MR) is 117 cm³/mol. The molecule has 0 bridgehead atoms. The lowest BCUT2D eigenvalue weighted by Gasteiger charge is -2.10. The number of rotatable bonds is 18. The second-order valence-corrected chi connectivity index (χ2v) is 8.20. The lowest BCUT2D eigenvalue weighted by Crippen LogP contribution is -1.96. The van der Waals surface area contributed by atoms with Gasteiger partial charge in [0.25, 0.3) is 0 Å². The van der Waals surface area contributed by atoms with Crippen molar-refractivity contribution >= 4 is 0 Å². The van der Waals surface area contributed by atoms with E-state index in [4.69, 9.17) is 0 Å². The standard InChI is InChI=1S/C25H44O2/c1-2-3-4-5-6-7-8-9-10-11-12-13-14-15-16-17-18-25(27)23-19-21-24(26)22-20-23/h19-22,25-27H,2-18H2,1H3. The van der Waals surface area contributed by atoms with Crippen LogP contribution >= 0.6 is 0 Å². The zero-order valence-corrected chi connectivity index (χ0v) is 17.8. The van der Waals surface area contributed by atoms with Crippen LogP contribution in [0.15, 0.2) is 24.3 Å². The Balaban J connectivity index is 1.79. The van der Waals surface area contributed by atoms with E-state index < -0.39 is 6.10 Å². The van der Waals surface area contributed by atoms with Crippen LogP contribution in [-0.4, -0.2) is 10.2 Å². The van der Waals surface area contributed by atoms with E-state index in [0.29, 0.717) is 0 Å². The van der Waals surface area contributed by atoms with Crippen molar-refractivity contribution in [1.29, 1.82) is 0 Å². The number of unbranched alkanes of at least 4 members (excludes halogenated alkanes) is 15.